The van der Waals surface area contributed by atoms with Gasteiger partial charge in [-0.1, -0.05) is 24.3 Å². The highest BCUT2D eigenvalue weighted by molar-refractivity contribution is 5.87. The smallest absolute Gasteiger partial charge is 0.224 e. The van der Waals surface area contributed by atoms with E-state index >= 15 is 0 Å². The number of rotatable bonds is 6. The van der Waals surface area contributed by atoms with E-state index in [1.165, 1.54) is 0 Å². The molecule has 0 unspecified atom stereocenters. The van der Waals surface area contributed by atoms with Crippen molar-refractivity contribution in [1.82, 2.24) is 5.32 Å². The van der Waals surface area contributed by atoms with Crippen molar-refractivity contribution in [3.63, 3.8) is 0 Å². The second-order valence-corrected chi connectivity index (χ2v) is 5.95. The highest BCUT2D eigenvalue weighted by atomic mass is 16.5. The van der Waals surface area contributed by atoms with Gasteiger partial charge in [-0.3, -0.25) is 4.79 Å². The van der Waals surface area contributed by atoms with Gasteiger partial charge in [0.05, 0.1) is 19.2 Å². The number of hydrogen-bond acceptors (Lipinski definition) is 3. The lowest BCUT2D eigenvalue weighted by Crippen LogP contribution is -2.29. The number of aryl methyl sites for hydroxylation is 2. The van der Waals surface area contributed by atoms with Gasteiger partial charge in [0.1, 0.15) is 17.9 Å². The van der Waals surface area contributed by atoms with Crippen molar-refractivity contribution in [3.05, 3.63) is 65.4 Å². The van der Waals surface area contributed by atoms with Gasteiger partial charge >= 0.3 is 0 Å². The third kappa shape index (κ3) is 3.96. The molecule has 0 radical (unpaired) electrons. The highest BCUT2D eigenvalue weighted by Crippen LogP contribution is 2.22. The predicted octanol–water partition coefficient (Wildman–Crippen LogP) is 3.79. The van der Waals surface area contributed by atoms with Crippen molar-refractivity contribution in [2.45, 2.75) is 20.3 Å². The number of benzene rings is 2. The first-order valence-electron chi connectivity index (χ1n) is 8.05. The molecule has 3 rings (SSSR count). The van der Waals surface area contributed by atoms with E-state index in [0.717, 1.165) is 33.4 Å². The molecular weight excluding hydrogens is 302 g/mol. The van der Waals surface area contributed by atoms with Crippen LogP contribution in [0.3, 0.4) is 0 Å². The number of ether oxygens (including phenoxy) is 1. The minimum atomic E-state index is -0.0360. The normalized spacial score (nSPS) is 10.8. The number of furan rings is 1. The van der Waals surface area contributed by atoms with Crippen LogP contribution in [0.25, 0.3) is 11.0 Å². The first-order chi connectivity index (χ1) is 11.6. The summed E-state index contributed by atoms with van der Waals surface area (Å²) in [7, 11) is 0. The molecule has 3 aromatic rings. The highest BCUT2D eigenvalue weighted by Gasteiger charge is 2.10. The van der Waals surface area contributed by atoms with E-state index in [9.17, 15) is 4.79 Å². The number of carbonyl (C=O) groups excluding carboxylic acids is 1. The molecule has 0 aliphatic carbocycles. The van der Waals surface area contributed by atoms with Crippen molar-refractivity contribution >= 4 is 16.9 Å². The molecule has 0 bridgehead atoms. The molecule has 24 heavy (non-hydrogen) atoms. The van der Waals surface area contributed by atoms with Crippen LogP contribution in [0.15, 0.2) is 53.1 Å². The summed E-state index contributed by atoms with van der Waals surface area (Å²) in [4.78, 5) is 12.1. The van der Waals surface area contributed by atoms with Crippen molar-refractivity contribution in [3.8, 4) is 5.75 Å². The minimum absolute atomic E-state index is 0.0360. The molecule has 1 N–H and O–H groups in total. The van der Waals surface area contributed by atoms with Crippen LogP contribution < -0.4 is 10.1 Å². The van der Waals surface area contributed by atoms with Crippen molar-refractivity contribution in [1.29, 1.82) is 0 Å². The summed E-state index contributed by atoms with van der Waals surface area (Å²) in [6.45, 7) is 4.95. The molecule has 0 aliphatic heterocycles. The standard InChI is InChI=1S/C20H21NO3/c1-14-4-3-5-17(10-14)23-9-8-21-20(22)12-16-13-24-19-11-15(2)6-7-18(16)19/h3-7,10-11,13H,8-9,12H2,1-2H3,(H,21,22). The topological polar surface area (TPSA) is 51.5 Å². The van der Waals surface area contributed by atoms with Crippen LogP contribution in [-0.2, 0) is 11.2 Å². The molecule has 0 saturated heterocycles. The van der Waals surface area contributed by atoms with E-state index in [1.54, 1.807) is 6.26 Å². The zero-order valence-corrected chi connectivity index (χ0v) is 14.0. The maximum Gasteiger partial charge on any atom is 0.224 e. The monoisotopic (exact) mass is 323 g/mol. The van der Waals surface area contributed by atoms with Gasteiger partial charge in [0.25, 0.3) is 0 Å². The Morgan fingerprint density at radius 2 is 1.96 bits per heavy atom. The van der Waals surface area contributed by atoms with Gasteiger partial charge < -0.3 is 14.5 Å². The van der Waals surface area contributed by atoms with Crippen LogP contribution in [0.1, 0.15) is 16.7 Å². The van der Waals surface area contributed by atoms with Crippen molar-refractivity contribution in [2.24, 2.45) is 0 Å². The summed E-state index contributed by atoms with van der Waals surface area (Å²) in [5.41, 5.74) is 4.02. The van der Waals surface area contributed by atoms with E-state index in [0.29, 0.717) is 19.6 Å². The molecule has 0 fully saturated rings. The van der Waals surface area contributed by atoms with E-state index in [4.69, 9.17) is 9.15 Å². The van der Waals surface area contributed by atoms with Crippen LogP contribution in [0, 0.1) is 13.8 Å². The second kappa shape index (κ2) is 7.21. The van der Waals surface area contributed by atoms with E-state index in [2.05, 4.69) is 5.32 Å². The van der Waals surface area contributed by atoms with Crippen LogP contribution >= 0.6 is 0 Å². The lowest BCUT2D eigenvalue weighted by molar-refractivity contribution is -0.120. The van der Waals surface area contributed by atoms with Crippen LogP contribution in [0.2, 0.25) is 0 Å². The Balaban J connectivity index is 1.48. The zero-order chi connectivity index (χ0) is 16.9. The van der Waals surface area contributed by atoms with Gasteiger partial charge in [-0.15, -0.1) is 0 Å². The molecule has 1 amide bonds. The maximum absolute atomic E-state index is 12.1. The molecule has 124 valence electrons. The summed E-state index contributed by atoms with van der Waals surface area (Å²) in [6.07, 6.45) is 1.97. The van der Waals surface area contributed by atoms with Gasteiger partial charge in [0.15, 0.2) is 0 Å². The summed E-state index contributed by atoms with van der Waals surface area (Å²) in [5, 5.41) is 3.87. The third-order valence-corrected chi connectivity index (χ3v) is 3.84. The van der Waals surface area contributed by atoms with Gasteiger partial charge in [-0.25, -0.2) is 0 Å². The Bertz CT molecular complexity index is 851. The Hall–Kier alpha value is -2.75. The quantitative estimate of drug-likeness (QED) is 0.702. The average molecular weight is 323 g/mol. The number of hydrogen-bond donors (Lipinski definition) is 1. The first-order valence-corrected chi connectivity index (χ1v) is 8.05. The molecule has 0 saturated carbocycles. The summed E-state index contributed by atoms with van der Waals surface area (Å²) in [5.74, 6) is 0.784. The minimum Gasteiger partial charge on any atom is -0.492 e. The fourth-order valence-electron chi connectivity index (χ4n) is 2.63. The first kappa shape index (κ1) is 16.1. The van der Waals surface area contributed by atoms with Crippen LogP contribution in [0.4, 0.5) is 0 Å². The third-order valence-electron chi connectivity index (χ3n) is 3.84. The Labute approximate surface area is 141 Å². The Morgan fingerprint density at radius 3 is 2.79 bits per heavy atom. The van der Waals surface area contributed by atoms with Gasteiger partial charge in [-0.2, -0.15) is 0 Å². The van der Waals surface area contributed by atoms with Gasteiger partial charge in [0, 0.05) is 10.9 Å². The van der Waals surface area contributed by atoms with Crippen molar-refractivity contribution in [2.75, 3.05) is 13.2 Å². The molecular formula is C20H21NO3. The molecule has 4 nitrogen and oxygen atoms in total. The van der Waals surface area contributed by atoms with Gasteiger partial charge in [0.2, 0.25) is 5.91 Å². The zero-order valence-electron chi connectivity index (χ0n) is 14.0. The lowest BCUT2D eigenvalue weighted by Gasteiger charge is -2.08. The SMILES string of the molecule is Cc1cccc(OCCNC(=O)Cc2coc3cc(C)ccc23)c1. The lowest BCUT2D eigenvalue weighted by atomic mass is 10.1. The van der Waals surface area contributed by atoms with Crippen LogP contribution in [0.5, 0.6) is 5.75 Å². The fraction of sp³-hybridized carbons (Fsp3) is 0.250. The second-order valence-electron chi connectivity index (χ2n) is 5.95. The molecule has 1 heterocycles. The largest absolute Gasteiger partial charge is 0.492 e. The molecule has 2 aromatic carbocycles. The number of amides is 1. The van der Waals surface area contributed by atoms with E-state index < -0.39 is 0 Å². The van der Waals surface area contributed by atoms with Crippen LogP contribution in [-0.4, -0.2) is 19.1 Å². The summed E-state index contributed by atoms with van der Waals surface area (Å²) < 4.78 is 11.1. The Kier molecular flexibility index (Phi) is 4.85. The Morgan fingerprint density at radius 1 is 1.12 bits per heavy atom. The summed E-state index contributed by atoms with van der Waals surface area (Å²) in [6, 6.07) is 13.9. The number of carbonyl (C=O) groups is 1. The van der Waals surface area contributed by atoms with E-state index in [1.807, 2.05) is 56.3 Å². The number of nitrogens with one attached hydrogen (secondary N) is 1. The molecule has 1 aromatic heterocycles. The average Bonchev–Trinajstić information content (AvgIpc) is 2.93. The maximum atomic E-state index is 12.1. The van der Waals surface area contributed by atoms with E-state index in [-0.39, 0.29) is 5.91 Å². The van der Waals surface area contributed by atoms with Crippen molar-refractivity contribution < 1.29 is 13.9 Å². The fourth-order valence-corrected chi connectivity index (χ4v) is 2.63. The molecule has 0 spiro atoms. The predicted molar refractivity (Wildman–Crippen MR) is 94.3 cm³/mol. The molecule has 0 atom stereocenters. The number of fused-ring (bicyclic) bond motifs is 1. The van der Waals surface area contributed by atoms with Gasteiger partial charge in [-0.05, 0) is 43.2 Å². The summed E-state index contributed by atoms with van der Waals surface area (Å²) >= 11 is 0. The molecule has 0 aliphatic rings. The molecule has 4 heteroatoms.